The van der Waals surface area contributed by atoms with Crippen LogP contribution < -0.4 is 5.73 Å². The van der Waals surface area contributed by atoms with Crippen LogP contribution in [-0.2, 0) is 11.3 Å². The van der Waals surface area contributed by atoms with E-state index in [4.69, 9.17) is 10.7 Å². The Bertz CT molecular complexity index is 1620. The van der Waals surface area contributed by atoms with Gasteiger partial charge in [-0.15, -0.1) is 0 Å². The molecule has 3 aromatic heterocycles. The Hall–Kier alpha value is -4.52. The van der Waals surface area contributed by atoms with Crippen molar-refractivity contribution in [2.75, 3.05) is 12.8 Å². The zero-order valence-electron chi connectivity index (χ0n) is 18.6. The molecular formula is C27H22N6O. The molecule has 7 heteroatoms. The maximum Gasteiger partial charge on any atom is 0.246 e. The van der Waals surface area contributed by atoms with Crippen LogP contribution in [-0.4, -0.2) is 37.4 Å². The second-order valence-electron chi connectivity index (χ2n) is 8.46. The van der Waals surface area contributed by atoms with Gasteiger partial charge in [0.25, 0.3) is 0 Å². The molecule has 34 heavy (non-hydrogen) atoms. The van der Waals surface area contributed by atoms with E-state index in [0.29, 0.717) is 12.4 Å². The number of nitrogens with zero attached hydrogens (tertiary/aromatic N) is 5. The minimum absolute atomic E-state index is 0.132. The molecular weight excluding hydrogens is 424 g/mol. The number of para-hydroxylation sites is 1. The number of carbonyl (C=O) groups excluding carboxylic acids is 1. The van der Waals surface area contributed by atoms with Crippen LogP contribution in [0.1, 0.15) is 11.6 Å². The van der Waals surface area contributed by atoms with Gasteiger partial charge < -0.3 is 15.2 Å². The number of hydrogen-bond acceptors (Lipinski definition) is 5. The predicted molar refractivity (Wildman–Crippen MR) is 134 cm³/mol. The molecule has 6 rings (SSSR count). The molecule has 0 spiro atoms. The van der Waals surface area contributed by atoms with Crippen LogP contribution in [0.5, 0.6) is 0 Å². The number of fused-ring (bicyclic) bond motifs is 6. The first-order valence-electron chi connectivity index (χ1n) is 11.0. The third-order valence-electron chi connectivity index (χ3n) is 6.67. The summed E-state index contributed by atoms with van der Waals surface area (Å²) < 4.78 is 2.15. The third-order valence-corrected chi connectivity index (χ3v) is 6.67. The minimum atomic E-state index is -0.177. The van der Waals surface area contributed by atoms with Gasteiger partial charge in [0, 0.05) is 41.9 Å². The van der Waals surface area contributed by atoms with Crippen LogP contribution in [0, 0.1) is 0 Å². The Kier molecular flexibility index (Phi) is 4.45. The molecule has 0 unspecified atom stereocenters. The molecule has 1 aliphatic rings. The Labute approximate surface area is 196 Å². The Morgan fingerprint density at radius 1 is 1.15 bits per heavy atom. The highest BCUT2D eigenvalue weighted by Crippen LogP contribution is 2.48. The molecule has 166 valence electrons. The first-order valence-corrected chi connectivity index (χ1v) is 11.0. The number of nitrogens with two attached hydrogens (primary N) is 1. The van der Waals surface area contributed by atoms with Gasteiger partial charge in [0.05, 0.1) is 22.6 Å². The van der Waals surface area contributed by atoms with E-state index in [0.717, 1.165) is 49.9 Å². The Morgan fingerprint density at radius 2 is 1.94 bits per heavy atom. The van der Waals surface area contributed by atoms with Crippen LogP contribution >= 0.6 is 0 Å². The summed E-state index contributed by atoms with van der Waals surface area (Å²) in [5, 5.41) is 1.84. The van der Waals surface area contributed by atoms with Crippen LogP contribution in [0.2, 0.25) is 0 Å². The normalized spacial score (nSPS) is 14.6. The number of pyridine rings is 1. The molecule has 1 aliphatic heterocycles. The van der Waals surface area contributed by atoms with Crippen molar-refractivity contribution in [3.63, 3.8) is 0 Å². The maximum absolute atomic E-state index is 12.5. The van der Waals surface area contributed by atoms with E-state index >= 15 is 0 Å². The van der Waals surface area contributed by atoms with E-state index < -0.39 is 0 Å². The summed E-state index contributed by atoms with van der Waals surface area (Å²) >= 11 is 0. The summed E-state index contributed by atoms with van der Waals surface area (Å²) in [5.74, 6) is 0.285. The van der Waals surface area contributed by atoms with Crippen LogP contribution in [0.4, 0.5) is 5.82 Å². The number of likely N-dealkylation sites (N-methyl/N-ethyl adjacent to an activating group) is 1. The van der Waals surface area contributed by atoms with E-state index in [1.165, 1.54) is 12.4 Å². The molecule has 0 radical (unpaired) electrons. The summed E-state index contributed by atoms with van der Waals surface area (Å²) in [4.78, 5) is 27.9. The van der Waals surface area contributed by atoms with Crippen molar-refractivity contribution in [3.05, 3.63) is 85.3 Å². The fraction of sp³-hybridized carbons (Fsp3) is 0.111. The van der Waals surface area contributed by atoms with E-state index in [-0.39, 0.29) is 11.9 Å². The maximum atomic E-state index is 12.5. The van der Waals surface area contributed by atoms with E-state index in [2.05, 4.69) is 45.4 Å². The molecule has 0 aliphatic carbocycles. The van der Waals surface area contributed by atoms with Crippen molar-refractivity contribution in [1.82, 2.24) is 24.4 Å². The third kappa shape index (κ3) is 2.83. The predicted octanol–water partition coefficient (Wildman–Crippen LogP) is 4.59. The summed E-state index contributed by atoms with van der Waals surface area (Å²) in [6.45, 7) is 4.20. The van der Waals surface area contributed by atoms with Gasteiger partial charge in [0.15, 0.2) is 0 Å². The molecule has 5 aromatic rings. The van der Waals surface area contributed by atoms with Crippen LogP contribution in [0.15, 0.2) is 79.8 Å². The molecule has 0 fully saturated rings. The van der Waals surface area contributed by atoms with Gasteiger partial charge >= 0.3 is 0 Å². The SMILES string of the molecule is C=CC(=O)N(C)[C@@H]1Cn2c(c(-c3cnc4ccccc4c3)c3c(N)ncnc32)-c2ccccc21. The highest BCUT2D eigenvalue weighted by molar-refractivity contribution is 6.09. The second kappa shape index (κ2) is 7.52. The van der Waals surface area contributed by atoms with Crippen molar-refractivity contribution in [2.45, 2.75) is 12.6 Å². The first-order chi connectivity index (χ1) is 16.6. The Morgan fingerprint density at radius 3 is 2.79 bits per heavy atom. The molecule has 0 saturated heterocycles. The lowest BCUT2D eigenvalue weighted by Crippen LogP contribution is -2.34. The number of amides is 1. The number of benzene rings is 2. The molecule has 0 bridgehead atoms. The van der Waals surface area contributed by atoms with Gasteiger partial charge in [-0.3, -0.25) is 9.78 Å². The highest BCUT2D eigenvalue weighted by Gasteiger charge is 2.34. The molecule has 4 heterocycles. The molecule has 1 atom stereocenters. The summed E-state index contributed by atoms with van der Waals surface area (Å²) in [6, 6.07) is 18.2. The van der Waals surface area contributed by atoms with Gasteiger partial charge in [-0.2, -0.15) is 0 Å². The number of aromatic nitrogens is 4. The molecule has 1 amide bonds. The number of rotatable bonds is 3. The molecule has 2 N–H and O–H groups in total. The first kappa shape index (κ1) is 20.1. The van der Waals surface area contributed by atoms with E-state index in [9.17, 15) is 4.79 Å². The number of nitrogen functional groups attached to an aromatic ring is 1. The van der Waals surface area contributed by atoms with Crippen molar-refractivity contribution < 1.29 is 4.79 Å². The summed E-state index contributed by atoms with van der Waals surface area (Å²) in [5.41, 5.74) is 13.1. The van der Waals surface area contributed by atoms with Crippen molar-refractivity contribution in [3.8, 4) is 22.4 Å². The lowest BCUT2D eigenvalue weighted by molar-refractivity contribution is -0.127. The average Bonchev–Trinajstić information content (AvgIpc) is 3.23. The number of carbonyl (C=O) groups is 1. The highest BCUT2D eigenvalue weighted by atomic mass is 16.2. The lowest BCUT2D eigenvalue weighted by atomic mass is 9.90. The fourth-order valence-electron chi connectivity index (χ4n) is 5.04. The van der Waals surface area contributed by atoms with Gasteiger partial charge in [0.1, 0.15) is 17.8 Å². The van der Waals surface area contributed by atoms with E-state index in [1.807, 2.05) is 36.5 Å². The molecule has 0 saturated carbocycles. The summed E-state index contributed by atoms with van der Waals surface area (Å²) in [7, 11) is 1.81. The zero-order valence-corrected chi connectivity index (χ0v) is 18.6. The Balaban J connectivity index is 1.69. The number of hydrogen-bond donors (Lipinski definition) is 1. The van der Waals surface area contributed by atoms with Crippen molar-refractivity contribution in [2.24, 2.45) is 0 Å². The van der Waals surface area contributed by atoms with Crippen molar-refractivity contribution >= 4 is 33.7 Å². The quantitative estimate of drug-likeness (QED) is 0.409. The fourth-order valence-corrected chi connectivity index (χ4v) is 5.04. The van der Waals surface area contributed by atoms with Crippen molar-refractivity contribution in [1.29, 1.82) is 0 Å². The topological polar surface area (TPSA) is 89.9 Å². The minimum Gasteiger partial charge on any atom is -0.383 e. The van der Waals surface area contributed by atoms with Gasteiger partial charge in [0.2, 0.25) is 5.91 Å². The molecule has 2 aromatic carbocycles. The largest absolute Gasteiger partial charge is 0.383 e. The smallest absolute Gasteiger partial charge is 0.246 e. The lowest BCUT2D eigenvalue weighted by Gasteiger charge is -2.34. The van der Waals surface area contributed by atoms with E-state index in [1.54, 1.807) is 11.9 Å². The average molecular weight is 447 g/mol. The molecule has 7 nitrogen and oxygen atoms in total. The number of anilines is 1. The summed E-state index contributed by atoms with van der Waals surface area (Å²) in [6.07, 6.45) is 4.71. The van der Waals surface area contributed by atoms with Gasteiger partial charge in [-0.1, -0.05) is 49.0 Å². The second-order valence-corrected chi connectivity index (χ2v) is 8.46. The monoisotopic (exact) mass is 446 g/mol. The zero-order chi connectivity index (χ0) is 23.4. The standard InChI is InChI=1S/C27H22N6O/c1-3-22(34)32(2)21-14-33-25(19-10-6-5-9-18(19)21)23(24-26(28)30-15-31-27(24)33)17-12-16-8-4-7-11-20(16)29-13-17/h3-13,15,21H,1,14H2,2H3,(H2,28,30,31)/t21-/m1/s1. The van der Waals surface area contributed by atoms with Gasteiger partial charge in [-0.25, -0.2) is 9.97 Å². The van der Waals surface area contributed by atoms with Crippen LogP contribution in [0.25, 0.3) is 44.3 Å². The van der Waals surface area contributed by atoms with Crippen LogP contribution in [0.3, 0.4) is 0 Å². The van der Waals surface area contributed by atoms with Gasteiger partial charge in [-0.05, 0) is 23.8 Å².